The number of carbonyl (C=O) groups excluding carboxylic acids is 2. The van der Waals surface area contributed by atoms with Gasteiger partial charge in [0.1, 0.15) is 6.61 Å². The van der Waals surface area contributed by atoms with Gasteiger partial charge >= 0.3 is 0 Å². The number of hydrogen-bond donors (Lipinski definition) is 1. The molecule has 1 aliphatic heterocycles. The van der Waals surface area contributed by atoms with Crippen LogP contribution in [0, 0.1) is 0 Å². The van der Waals surface area contributed by atoms with E-state index in [1.807, 2.05) is 12.1 Å². The molecule has 0 fully saturated rings. The van der Waals surface area contributed by atoms with Gasteiger partial charge in [0.2, 0.25) is 0 Å². The maximum atomic E-state index is 12.6. The van der Waals surface area contributed by atoms with E-state index in [0.717, 1.165) is 17.7 Å². The van der Waals surface area contributed by atoms with E-state index < -0.39 is 0 Å². The Balaban J connectivity index is 1.75. The average Bonchev–Trinajstić information content (AvgIpc) is 3.10. The zero-order chi connectivity index (χ0) is 19.4. The molecular weight excluding hydrogens is 348 g/mol. The van der Waals surface area contributed by atoms with Gasteiger partial charge in [-0.05, 0) is 48.4 Å². The summed E-state index contributed by atoms with van der Waals surface area (Å²) < 4.78 is 15.4. The molecule has 3 rings (SSSR count). The number of methoxy groups -OCH3 is 3. The van der Waals surface area contributed by atoms with Gasteiger partial charge < -0.3 is 24.4 Å². The van der Waals surface area contributed by atoms with Crippen LogP contribution >= 0.6 is 0 Å². The van der Waals surface area contributed by atoms with Crippen molar-refractivity contribution in [2.75, 3.05) is 44.7 Å². The summed E-state index contributed by atoms with van der Waals surface area (Å²) in [7, 11) is 4.57. The standard InChI is InChI=1S/C20H22N2O5/c1-25-12-19(23)22-9-8-13-10-15(5-6-16(13)22)21-20(24)14-4-7-17(26-2)18(11-14)27-3/h4-7,10-11H,8-9,12H2,1-3H3,(H,21,24). The van der Waals surface area contributed by atoms with Gasteiger partial charge in [-0.3, -0.25) is 9.59 Å². The van der Waals surface area contributed by atoms with Gasteiger partial charge in [-0.1, -0.05) is 0 Å². The third-order valence-corrected chi connectivity index (χ3v) is 4.45. The lowest BCUT2D eigenvalue weighted by Gasteiger charge is -2.17. The number of fused-ring (bicyclic) bond motifs is 1. The number of rotatable bonds is 6. The van der Waals surface area contributed by atoms with Crippen molar-refractivity contribution >= 4 is 23.2 Å². The summed E-state index contributed by atoms with van der Waals surface area (Å²) in [6.45, 7) is 0.668. The Morgan fingerprint density at radius 2 is 1.81 bits per heavy atom. The van der Waals surface area contributed by atoms with E-state index in [-0.39, 0.29) is 18.4 Å². The zero-order valence-corrected chi connectivity index (χ0v) is 15.6. The Kier molecular flexibility index (Phi) is 5.61. The Hall–Kier alpha value is -3.06. The number of carbonyl (C=O) groups is 2. The highest BCUT2D eigenvalue weighted by Crippen LogP contribution is 2.31. The van der Waals surface area contributed by atoms with Gasteiger partial charge in [0.25, 0.3) is 11.8 Å². The molecule has 2 aromatic rings. The van der Waals surface area contributed by atoms with Gasteiger partial charge in [0.15, 0.2) is 11.5 Å². The maximum absolute atomic E-state index is 12.6. The SMILES string of the molecule is COCC(=O)N1CCc2cc(NC(=O)c3ccc(OC)c(OC)c3)ccc21. The van der Waals surface area contributed by atoms with Crippen LogP contribution in [0.1, 0.15) is 15.9 Å². The largest absolute Gasteiger partial charge is 0.493 e. The number of nitrogens with zero attached hydrogens (tertiary/aromatic N) is 1. The third kappa shape index (κ3) is 3.88. The average molecular weight is 370 g/mol. The molecular formula is C20H22N2O5. The number of anilines is 2. The smallest absolute Gasteiger partial charge is 0.255 e. The fraction of sp³-hybridized carbons (Fsp3) is 0.300. The predicted molar refractivity (Wildman–Crippen MR) is 102 cm³/mol. The van der Waals surface area contributed by atoms with Crippen LogP contribution in [0.3, 0.4) is 0 Å². The summed E-state index contributed by atoms with van der Waals surface area (Å²) in [4.78, 5) is 26.3. The van der Waals surface area contributed by atoms with Crippen molar-refractivity contribution in [2.45, 2.75) is 6.42 Å². The van der Waals surface area contributed by atoms with Crippen LogP contribution in [-0.4, -0.2) is 46.3 Å². The highest BCUT2D eigenvalue weighted by molar-refractivity contribution is 6.05. The summed E-state index contributed by atoms with van der Waals surface area (Å²) in [5.74, 6) is 0.735. The fourth-order valence-corrected chi connectivity index (χ4v) is 3.12. The molecule has 0 aliphatic carbocycles. The van der Waals surface area contributed by atoms with Crippen molar-refractivity contribution in [3.63, 3.8) is 0 Å². The summed E-state index contributed by atoms with van der Waals surface area (Å²) in [6.07, 6.45) is 0.741. The number of benzene rings is 2. The van der Waals surface area contributed by atoms with Gasteiger partial charge in [-0.25, -0.2) is 0 Å². The maximum Gasteiger partial charge on any atom is 0.255 e. The van der Waals surface area contributed by atoms with E-state index in [0.29, 0.717) is 29.3 Å². The van der Waals surface area contributed by atoms with Crippen molar-refractivity contribution in [3.8, 4) is 11.5 Å². The van der Waals surface area contributed by atoms with Crippen molar-refractivity contribution in [1.82, 2.24) is 0 Å². The zero-order valence-electron chi connectivity index (χ0n) is 15.6. The van der Waals surface area contributed by atoms with E-state index >= 15 is 0 Å². The summed E-state index contributed by atoms with van der Waals surface area (Å²) in [6, 6.07) is 10.5. The van der Waals surface area contributed by atoms with Crippen LogP contribution in [0.5, 0.6) is 11.5 Å². The van der Waals surface area contributed by atoms with E-state index in [9.17, 15) is 9.59 Å². The van der Waals surface area contributed by atoms with Gasteiger partial charge in [-0.2, -0.15) is 0 Å². The van der Waals surface area contributed by atoms with Crippen LogP contribution in [-0.2, 0) is 16.0 Å². The Morgan fingerprint density at radius 3 is 2.52 bits per heavy atom. The van der Waals surface area contributed by atoms with E-state index in [1.165, 1.54) is 14.2 Å². The lowest BCUT2D eigenvalue weighted by atomic mass is 10.1. The normalized spacial score (nSPS) is 12.5. The Bertz CT molecular complexity index is 865. The molecule has 2 aromatic carbocycles. The molecule has 27 heavy (non-hydrogen) atoms. The van der Waals surface area contributed by atoms with Crippen molar-refractivity contribution in [3.05, 3.63) is 47.5 Å². The third-order valence-electron chi connectivity index (χ3n) is 4.45. The molecule has 1 aliphatic rings. The molecule has 0 bridgehead atoms. The number of hydrogen-bond acceptors (Lipinski definition) is 5. The molecule has 1 N–H and O–H groups in total. The summed E-state index contributed by atoms with van der Waals surface area (Å²) in [5, 5.41) is 2.88. The monoisotopic (exact) mass is 370 g/mol. The molecule has 0 atom stereocenters. The van der Waals surface area contributed by atoms with Crippen molar-refractivity contribution < 1.29 is 23.8 Å². The molecule has 7 nitrogen and oxygen atoms in total. The van der Waals surface area contributed by atoms with Crippen LogP contribution in [0.4, 0.5) is 11.4 Å². The predicted octanol–water partition coefficient (Wildman–Crippen LogP) is 2.49. The van der Waals surface area contributed by atoms with Crippen LogP contribution < -0.4 is 19.7 Å². The lowest BCUT2D eigenvalue weighted by molar-refractivity contribution is -0.122. The van der Waals surface area contributed by atoms with E-state index in [4.69, 9.17) is 14.2 Å². The topological polar surface area (TPSA) is 77.1 Å². The molecule has 0 aromatic heterocycles. The van der Waals surface area contributed by atoms with Crippen LogP contribution in [0.25, 0.3) is 0 Å². The van der Waals surface area contributed by atoms with E-state index in [1.54, 1.807) is 36.3 Å². The molecule has 7 heteroatoms. The minimum atomic E-state index is -0.249. The minimum Gasteiger partial charge on any atom is -0.493 e. The van der Waals surface area contributed by atoms with Gasteiger partial charge in [0.05, 0.1) is 14.2 Å². The molecule has 2 amide bonds. The highest BCUT2D eigenvalue weighted by atomic mass is 16.5. The first kappa shape index (κ1) is 18.7. The summed E-state index contributed by atoms with van der Waals surface area (Å²) >= 11 is 0. The van der Waals surface area contributed by atoms with Gasteiger partial charge in [0, 0.05) is 30.6 Å². The van der Waals surface area contributed by atoms with Gasteiger partial charge in [-0.15, -0.1) is 0 Å². The van der Waals surface area contributed by atoms with Crippen LogP contribution in [0.2, 0.25) is 0 Å². The van der Waals surface area contributed by atoms with E-state index in [2.05, 4.69) is 5.32 Å². The first-order valence-corrected chi connectivity index (χ1v) is 8.53. The second-order valence-electron chi connectivity index (χ2n) is 6.10. The first-order chi connectivity index (χ1) is 13.1. The molecule has 0 spiro atoms. The second-order valence-corrected chi connectivity index (χ2v) is 6.10. The molecule has 0 unspecified atom stereocenters. The molecule has 0 radical (unpaired) electrons. The van der Waals surface area contributed by atoms with Crippen molar-refractivity contribution in [2.24, 2.45) is 0 Å². The van der Waals surface area contributed by atoms with Crippen molar-refractivity contribution in [1.29, 1.82) is 0 Å². The first-order valence-electron chi connectivity index (χ1n) is 8.53. The quantitative estimate of drug-likeness (QED) is 0.845. The number of amides is 2. The minimum absolute atomic E-state index is 0.0528. The Labute approximate surface area is 157 Å². The molecule has 0 saturated heterocycles. The Morgan fingerprint density at radius 1 is 1.04 bits per heavy atom. The molecule has 0 saturated carbocycles. The highest BCUT2D eigenvalue weighted by Gasteiger charge is 2.24. The number of nitrogens with one attached hydrogen (secondary N) is 1. The fourth-order valence-electron chi connectivity index (χ4n) is 3.12. The number of ether oxygens (including phenoxy) is 3. The lowest BCUT2D eigenvalue weighted by Crippen LogP contribution is -2.31. The summed E-state index contributed by atoms with van der Waals surface area (Å²) in [5.41, 5.74) is 3.02. The molecule has 142 valence electrons. The second kappa shape index (κ2) is 8.09. The molecule has 1 heterocycles. The van der Waals surface area contributed by atoms with Crippen LogP contribution in [0.15, 0.2) is 36.4 Å².